The van der Waals surface area contributed by atoms with E-state index >= 15 is 0 Å². The number of nitrogens with zero attached hydrogens (tertiary/aromatic N) is 4. The van der Waals surface area contributed by atoms with E-state index in [-0.39, 0.29) is 0 Å². The lowest BCUT2D eigenvalue weighted by atomic mass is 10.1. The first-order valence-electron chi connectivity index (χ1n) is 5.50. The first kappa shape index (κ1) is 13.2. The Labute approximate surface area is 115 Å². The Morgan fingerprint density at radius 1 is 1.47 bits per heavy atom. The lowest BCUT2D eigenvalue weighted by Crippen LogP contribution is -1.98. The molecule has 1 aromatic carbocycles. The molecule has 0 unspecified atom stereocenters. The third kappa shape index (κ3) is 2.80. The number of methoxy groups -OCH3 is 1. The Morgan fingerprint density at radius 2 is 2.26 bits per heavy atom. The Kier molecular flexibility index (Phi) is 3.92. The molecule has 6 nitrogen and oxygen atoms in total. The van der Waals surface area contributed by atoms with Gasteiger partial charge in [0.05, 0.1) is 12.7 Å². The smallest absolute Gasteiger partial charge is 0.222 e. The number of benzene rings is 1. The van der Waals surface area contributed by atoms with Crippen LogP contribution in [0.15, 0.2) is 23.4 Å². The van der Waals surface area contributed by atoms with Gasteiger partial charge in [-0.25, -0.2) is 0 Å². The highest BCUT2D eigenvalue weighted by Gasteiger charge is 2.08. The van der Waals surface area contributed by atoms with Crippen LogP contribution in [0.1, 0.15) is 11.1 Å². The predicted octanol–water partition coefficient (Wildman–Crippen LogP) is 1.57. The molecule has 0 atom stereocenters. The second kappa shape index (κ2) is 5.63. The molecule has 1 heterocycles. The van der Waals surface area contributed by atoms with Crippen molar-refractivity contribution in [1.82, 2.24) is 14.8 Å². The number of hydrogen-bond acceptors (Lipinski definition) is 6. The zero-order valence-electron chi connectivity index (χ0n) is 10.6. The van der Waals surface area contributed by atoms with Crippen molar-refractivity contribution in [2.45, 2.75) is 10.9 Å². The molecular weight excluding hydrogens is 262 g/mol. The quantitative estimate of drug-likeness (QED) is 0.852. The maximum absolute atomic E-state index is 9.03. The summed E-state index contributed by atoms with van der Waals surface area (Å²) in [6.45, 7) is 0. The van der Waals surface area contributed by atoms with Crippen LogP contribution in [0, 0.1) is 11.3 Å². The Balaban J connectivity index is 2.12. The van der Waals surface area contributed by atoms with Gasteiger partial charge in [0.15, 0.2) is 5.16 Å². The van der Waals surface area contributed by atoms with Gasteiger partial charge in [0, 0.05) is 12.8 Å². The molecule has 0 amide bonds. The van der Waals surface area contributed by atoms with Crippen molar-refractivity contribution in [3.05, 3.63) is 29.3 Å². The fraction of sp³-hybridized carbons (Fsp3) is 0.250. The summed E-state index contributed by atoms with van der Waals surface area (Å²) in [5.74, 6) is 1.65. The summed E-state index contributed by atoms with van der Waals surface area (Å²) in [5.41, 5.74) is 7.15. The van der Waals surface area contributed by atoms with Gasteiger partial charge in [0.25, 0.3) is 0 Å². The molecule has 2 rings (SSSR count). The molecule has 2 aromatic rings. The average Bonchev–Trinajstić information content (AvgIpc) is 2.76. The van der Waals surface area contributed by atoms with E-state index in [0.717, 1.165) is 10.7 Å². The minimum absolute atomic E-state index is 0.384. The highest BCUT2D eigenvalue weighted by atomic mass is 32.2. The molecule has 0 fully saturated rings. The highest BCUT2D eigenvalue weighted by Crippen LogP contribution is 2.25. The monoisotopic (exact) mass is 275 g/mol. The van der Waals surface area contributed by atoms with Crippen LogP contribution in [0.25, 0.3) is 0 Å². The standard InChI is InChI=1S/C12H13N5OS/c1-17-11(14)15-16-12(17)19-7-8-3-4-10(18-2)9(5-8)6-13/h3-5H,7H2,1-2H3,(H2,14,15). The van der Waals surface area contributed by atoms with E-state index in [2.05, 4.69) is 16.3 Å². The zero-order chi connectivity index (χ0) is 13.8. The van der Waals surface area contributed by atoms with Crippen molar-refractivity contribution in [2.75, 3.05) is 12.8 Å². The second-order valence-corrected chi connectivity index (χ2v) is 4.78. The first-order chi connectivity index (χ1) is 9.15. The molecule has 98 valence electrons. The van der Waals surface area contributed by atoms with Crippen molar-refractivity contribution in [3.8, 4) is 11.8 Å². The largest absolute Gasteiger partial charge is 0.495 e. The molecule has 0 aliphatic rings. The summed E-state index contributed by atoms with van der Waals surface area (Å²) < 4.78 is 6.83. The number of hydrogen-bond donors (Lipinski definition) is 1. The second-order valence-electron chi connectivity index (χ2n) is 3.83. The molecule has 0 aliphatic carbocycles. The molecule has 0 radical (unpaired) electrons. The minimum Gasteiger partial charge on any atom is -0.495 e. The number of anilines is 1. The van der Waals surface area contributed by atoms with Crippen LogP contribution < -0.4 is 10.5 Å². The van der Waals surface area contributed by atoms with Crippen molar-refractivity contribution in [3.63, 3.8) is 0 Å². The lowest BCUT2D eigenvalue weighted by Gasteiger charge is -2.05. The third-order valence-corrected chi connectivity index (χ3v) is 3.71. The highest BCUT2D eigenvalue weighted by molar-refractivity contribution is 7.98. The van der Waals surface area contributed by atoms with Crippen molar-refractivity contribution in [2.24, 2.45) is 7.05 Å². The van der Waals surface area contributed by atoms with E-state index in [1.165, 1.54) is 11.8 Å². The minimum atomic E-state index is 0.384. The van der Waals surface area contributed by atoms with E-state index < -0.39 is 0 Å². The SMILES string of the molecule is COc1ccc(CSc2nnc(N)n2C)cc1C#N. The topological polar surface area (TPSA) is 89.8 Å². The number of nitriles is 1. The van der Waals surface area contributed by atoms with E-state index in [9.17, 15) is 0 Å². The fourth-order valence-electron chi connectivity index (χ4n) is 1.53. The third-order valence-electron chi connectivity index (χ3n) is 2.62. The van der Waals surface area contributed by atoms with Crippen LogP contribution in [-0.2, 0) is 12.8 Å². The number of nitrogen functional groups attached to an aromatic ring is 1. The van der Waals surface area contributed by atoms with Crippen LogP contribution in [0.2, 0.25) is 0 Å². The number of thioether (sulfide) groups is 1. The molecule has 1 aromatic heterocycles. The van der Waals surface area contributed by atoms with Crippen LogP contribution in [0.3, 0.4) is 0 Å². The Morgan fingerprint density at radius 3 is 2.84 bits per heavy atom. The number of rotatable bonds is 4. The maximum Gasteiger partial charge on any atom is 0.222 e. The maximum atomic E-state index is 9.03. The summed E-state index contributed by atoms with van der Waals surface area (Å²) in [6.07, 6.45) is 0. The summed E-state index contributed by atoms with van der Waals surface area (Å²) in [6, 6.07) is 7.64. The molecule has 0 aliphatic heterocycles. The van der Waals surface area contributed by atoms with Crippen molar-refractivity contribution >= 4 is 17.7 Å². The summed E-state index contributed by atoms with van der Waals surface area (Å²) in [7, 11) is 3.36. The summed E-state index contributed by atoms with van der Waals surface area (Å²) >= 11 is 1.51. The Bertz CT molecular complexity index is 632. The first-order valence-corrected chi connectivity index (χ1v) is 6.49. The Hall–Kier alpha value is -2.20. The van der Waals surface area contributed by atoms with Gasteiger partial charge < -0.3 is 10.5 Å². The van der Waals surface area contributed by atoms with Crippen LogP contribution in [-0.4, -0.2) is 21.9 Å². The van der Waals surface area contributed by atoms with Gasteiger partial charge in [-0.15, -0.1) is 10.2 Å². The summed E-state index contributed by atoms with van der Waals surface area (Å²) in [4.78, 5) is 0. The molecule has 0 saturated carbocycles. The van der Waals surface area contributed by atoms with Gasteiger partial charge in [-0.2, -0.15) is 5.26 Å². The van der Waals surface area contributed by atoms with Gasteiger partial charge in [-0.05, 0) is 17.7 Å². The normalized spacial score (nSPS) is 10.2. The number of aromatic nitrogens is 3. The van der Waals surface area contributed by atoms with Gasteiger partial charge in [0.2, 0.25) is 5.95 Å². The van der Waals surface area contributed by atoms with E-state index in [1.54, 1.807) is 17.7 Å². The van der Waals surface area contributed by atoms with Crippen LogP contribution in [0.4, 0.5) is 5.95 Å². The molecule has 0 bridgehead atoms. The fourth-order valence-corrected chi connectivity index (χ4v) is 2.39. The molecule has 0 saturated heterocycles. The number of nitrogens with two attached hydrogens (primary N) is 1. The van der Waals surface area contributed by atoms with Gasteiger partial charge in [0.1, 0.15) is 11.8 Å². The average molecular weight is 275 g/mol. The summed E-state index contributed by atoms with van der Waals surface area (Å²) in [5, 5.41) is 17.5. The predicted molar refractivity (Wildman–Crippen MR) is 72.7 cm³/mol. The van der Waals surface area contributed by atoms with E-state index in [0.29, 0.717) is 23.0 Å². The van der Waals surface area contributed by atoms with Gasteiger partial charge >= 0.3 is 0 Å². The lowest BCUT2D eigenvalue weighted by molar-refractivity contribution is 0.413. The van der Waals surface area contributed by atoms with E-state index in [4.69, 9.17) is 15.7 Å². The van der Waals surface area contributed by atoms with E-state index in [1.807, 2.05) is 19.2 Å². The van der Waals surface area contributed by atoms with Gasteiger partial charge in [-0.1, -0.05) is 17.8 Å². The van der Waals surface area contributed by atoms with Crippen molar-refractivity contribution < 1.29 is 4.74 Å². The molecular formula is C12H13N5OS. The zero-order valence-corrected chi connectivity index (χ0v) is 11.4. The van der Waals surface area contributed by atoms with Crippen LogP contribution in [0.5, 0.6) is 5.75 Å². The van der Waals surface area contributed by atoms with Crippen LogP contribution >= 0.6 is 11.8 Å². The molecule has 0 spiro atoms. The molecule has 2 N–H and O–H groups in total. The van der Waals surface area contributed by atoms with Gasteiger partial charge in [-0.3, -0.25) is 4.57 Å². The van der Waals surface area contributed by atoms with Crippen molar-refractivity contribution in [1.29, 1.82) is 5.26 Å². The molecule has 7 heteroatoms. The number of ether oxygens (including phenoxy) is 1. The molecule has 19 heavy (non-hydrogen) atoms.